The highest BCUT2D eigenvalue weighted by Gasteiger charge is 2.65. The minimum Gasteiger partial charge on any atom is -0.462 e. The monoisotopic (exact) mass is 490 g/mol. The van der Waals surface area contributed by atoms with Crippen molar-refractivity contribution in [1.82, 2.24) is 0 Å². The number of halogens is 1. The molecule has 0 fully saturated rings. The number of imide groups is 1. The minimum atomic E-state index is -1.99. The van der Waals surface area contributed by atoms with Gasteiger partial charge in [-0.25, -0.2) is 14.1 Å². The summed E-state index contributed by atoms with van der Waals surface area (Å²) in [4.78, 5) is 54.8. The number of carbonyl (C=O) groups is 4. The zero-order valence-corrected chi connectivity index (χ0v) is 19.7. The maximum atomic E-state index is 14.2. The number of allylic oxidation sites excluding steroid dienone is 1. The topological polar surface area (TPSA) is 116 Å². The van der Waals surface area contributed by atoms with Crippen LogP contribution in [-0.4, -0.2) is 30.2 Å². The van der Waals surface area contributed by atoms with Gasteiger partial charge in [0.1, 0.15) is 22.6 Å². The molecule has 8 nitrogen and oxygen atoms in total. The highest BCUT2D eigenvalue weighted by Crippen LogP contribution is 2.57. The van der Waals surface area contributed by atoms with Crippen LogP contribution in [-0.2, 0) is 34.1 Å². The molecule has 0 bridgehead atoms. The van der Waals surface area contributed by atoms with Crippen LogP contribution >= 0.6 is 0 Å². The highest BCUT2D eigenvalue weighted by atomic mass is 19.1. The summed E-state index contributed by atoms with van der Waals surface area (Å²) >= 11 is 0. The van der Waals surface area contributed by atoms with Crippen molar-refractivity contribution in [3.8, 4) is 0 Å². The summed E-state index contributed by atoms with van der Waals surface area (Å²) in [5.74, 6) is -3.71. The van der Waals surface area contributed by atoms with Gasteiger partial charge in [-0.2, -0.15) is 0 Å². The summed E-state index contributed by atoms with van der Waals surface area (Å²) in [5.41, 5.74) is 5.18. The zero-order chi connectivity index (χ0) is 25.8. The van der Waals surface area contributed by atoms with E-state index in [-0.39, 0.29) is 59.4 Å². The molecule has 3 aliphatic rings. The Morgan fingerprint density at radius 2 is 1.83 bits per heavy atom. The average Bonchev–Trinajstić information content (AvgIpc) is 3.08. The fourth-order valence-corrected chi connectivity index (χ4v) is 5.49. The SMILES string of the molecule is CCOC(=O)C1=C(N)OC2=C(C(=O)CC(c3ccc(F)cc3)C2)C12C(=O)N(C(C)=O)c1ccccc12. The number of nitrogens with two attached hydrogens (primary N) is 1. The van der Waals surface area contributed by atoms with Crippen LogP contribution in [0.4, 0.5) is 10.1 Å². The van der Waals surface area contributed by atoms with Crippen LogP contribution < -0.4 is 10.6 Å². The molecule has 2 aromatic carbocycles. The van der Waals surface area contributed by atoms with Gasteiger partial charge in [-0.15, -0.1) is 0 Å². The van der Waals surface area contributed by atoms with Gasteiger partial charge >= 0.3 is 5.97 Å². The second-order valence-electron chi connectivity index (χ2n) is 8.87. The molecule has 2 unspecified atom stereocenters. The van der Waals surface area contributed by atoms with Crippen molar-refractivity contribution in [2.45, 2.75) is 38.0 Å². The number of anilines is 1. The first-order valence-electron chi connectivity index (χ1n) is 11.5. The van der Waals surface area contributed by atoms with E-state index in [4.69, 9.17) is 15.2 Å². The van der Waals surface area contributed by atoms with Crippen LogP contribution in [0, 0.1) is 5.82 Å². The Kier molecular flexibility index (Phi) is 5.50. The number of carbonyl (C=O) groups excluding carboxylic acids is 4. The summed E-state index contributed by atoms with van der Waals surface area (Å²) < 4.78 is 24.6. The van der Waals surface area contributed by atoms with Gasteiger partial charge in [-0.05, 0) is 36.6 Å². The second kappa shape index (κ2) is 8.44. The third-order valence-electron chi connectivity index (χ3n) is 6.86. The van der Waals surface area contributed by atoms with Gasteiger partial charge in [-0.3, -0.25) is 14.4 Å². The lowest BCUT2D eigenvalue weighted by Crippen LogP contribution is -2.52. The van der Waals surface area contributed by atoms with Crippen molar-refractivity contribution >= 4 is 29.3 Å². The van der Waals surface area contributed by atoms with E-state index in [9.17, 15) is 23.6 Å². The molecule has 2 atom stereocenters. The molecule has 0 saturated carbocycles. The molecular formula is C27H23FN2O6. The molecule has 0 aromatic heterocycles. The van der Waals surface area contributed by atoms with Gasteiger partial charge in [0, 0.05) is 25.3 Å². The van der Waals surface area contributed by atoms with Crippen molar-refractivity contribution in [2.75, 3.05) is 11.5 Å². The molecule has 2 aliphatic heterocycles. The molecule has 2 aromatic rings. The maximum absolute atomic E-state index is 14.2. The number of ketones is 1. The molecule has 2 N–H and O–H groups in total. The molecule has 184 valence electrons. The number of hydrogen-bond acceptors (Lipinski definition) is 7. The Morgan fingerprint density at radius 3 is 2.50 bits per heavy atom. The molecule has 36 heavy (non-hydrogen) atoms. The van der Waals surface area contributed by atoms with E-state index in [0.29, 0.717) is 0 Å². The Morgan fingerprint density at radius 1 is 1.14 bits per heavy atom. The van der Waals surface area contributed by atoms with E-state index >= 15 is 0 Å². The maximum Gasteiger partial charge on any atom is 0.341 e. The van der Waals surface area contributed by atoms with Crippen LogP contribution in [0.2, 0.25) is 0 Å². The first-order chi connectivity index (χ1) is 17.2. The van der Waals surface area contributed by atoms with Crippen LogP contribution in [0.1, 0.15) is 43.7 Å². The Labute approximate surface area is 206 Å². The molecule has 1 spiro atoms. The van der Waals surface area contributed by atoms with E-state index in [0.717, 1.165) is 10.5 Å². The van der Waals surface area contributed by atoms with E-state index in [1.165, 1.54) is 19.1 Å². The van der Waals surface area contributed by atoms with Crippen molar-refractivity contribution in [3.63, 3.8) is 0 Å². The first-order valence-corrected chi connectivity index (χ1v) is 11.5. The number of benzene rings is 2. The number of esters is 1. The Hall–Kier alpha value is -4.27. The number of ether oxygens (including phenoxy) is 2. The molecule has 0 saturated heterocycles. The normalized spacial score (nSPS) is 23.0. The van der Waals surface area contributed by atoms with Crippen LogP contribution in [0.5, 0.6) is 0 Å². The van der Waals surface area contributed by atoms with Crippen LogP contribution in [0.15, 0.2) is 71.3 Å². The summed E-state index contributed by atoms with van der Waals surface area (Å²) in [7, 11) is 0. The Balaban J connectivity index is 1.77. The van der Waals surface area contributed by atoms with Crippen molar-refractivity contribution in [3.05, 3.63) is 88.3 Å². The van der Waals surface area contributed by atoms with E-state index in [1.807, 2.05) is 0 Å². The van der Waals surface area contributed by atoms with E-state index < -0.39 is 34.8 Å². The molecular weight excluding hydrogens is 467 g/mol. The second-order valence-corrected chi connectivity index (χ2v) is 8.87. The number of fused-ring (bicyclic) bond motifs is 3. The van der Waals surface area contributed by atoms with E-state index in [1.54, 1.807) is 43.3 Å². The number of Topliss-reactive ketones (excluding diaryl/α,β-unsaturated/α-hetero) is 1. The van der Waals surface area contributed by atoms with Crippen LogP contribution in [0.3, 0.4) is 0 Å². The largest absolute Gasteiger partial charge is 0.462 e. The molecule has 2 amide bonds. The van der Waals surface area contributed by atoms with Gasteiger partial charge in [-0.1, -0.05) is 30.3 Å². The van der Waals surface area contributed by atoms with E-state index in [2.05, 4.69) is 0 Å². The predicted octanol–water partition coefficient (Wildman–Crippen LogP) is 3.12. The van der Waals surface area contributed by atoms with Gasteiger partial charge in [0.25, 0.3) is 5.91 Å². The first kappa shape index (κ1) is 23.5. The molecule has 1 aliphatic carbocycles. The number of nitrogens with zero attached hydrogens (tertiary/aromatic N) is 1. The average molecular weight is 490 g/mol. The summed E-state index contributed by atoms with van der Waals surface area (Å²) in [6, 6.07) is 12.3. The lowest BCUT2D eigenvalue weighted by Gasteiger charge is -2.40. The number of amides is 2. The summed E-state index contributed by atoms with van der Waals surface area (Å²) in [6.45, 7) is 2.82. The predicted molar refractivity (Wildman–Crippen MR) is 126 cm³/mol. The van der Waals surface area contributed by atoms with Gasteiger partial charge < -0.3 is 15.2 Å². The summed E-state index contributed by atoms with van der Waals surface area (Å²) in [6.07, 6.45) is 0.169. The minimum absolute atomic E-state index is 0.00948. The third kappa shape index (κ3) is 3.19. The van der Waals surface area contributed by atoms with Gasteiger partial charge in [0.05, 0.1) is 17.9 Å². The lowest BCUT2D eigenvalue weighted by molar-refractivity contribution is -0.141. The number of para-hydroxylation sites is 1. The van der Waals surface area contributed by atoms with Crippen molar-refractivity contribution in [1.29, 1.82) is 0 Å². The standard InChI is InChI=1S/C27H23FN2O6/c1-3-35-25(33)23-24(29)36-21-13-16(15-8-10-17(28)11-9-15)12-20(32)22(21)27(23)18-6-4-5-7-19(18)30(14(2)31)26(27)34/h4-11,16H,3,12-13,29H2,1-2H3. The van der Waals surface area contributed by atoms with Gasteiger partial charge in [0.15, 0.2) is 5.78 Å². The Bertz CT molecular complexity index is 1390. The third-order valence-corrected chi connectivity index (χ3v) is 6.86. The van der Waals surface area contributed by atoms with Crippen LogP contribution in [0.25, 0.3) is 0 Å². The highest BCUT2D eigenvalue weighted by molar-refractivity contribution is 6.30. The smallest absolute Gasteiger partial charge is 0.341 e. The fraction of sp³-hybridized carbons (Fsp3) is 0.259. The quantitative estimate of drug-likeness (QED) is 0.657. The molecule has 0 radical (unpaired) electrons. The number of hydrogen-bond donors (Lipinski definition) is 1. The van der Waals surface area contributed by atoms with Crippen molar-refractivity contribution < 1.29 is 33.0 Å². The number of rotatable bonds is 3. The molecule has 5 rings (SSSR count). The van der Waals surface area contributed by atoms with Crippen molar-refractivity contribution in [2.24, 2.45) is 5.73 Å². The summed E-state index contributed by atoms with van der Waals surface area (Å²) in [5, 5.41) is 0. The lowest BCUT2D eigenvalue weighted by atomic mass is 9.63. The fourth-order valence-electron chi connectivity index (χ4n) is 5.49. The molecule has 2 heterocycles. The zero-order valence-electron chi connectivity index (χ0n) is 19.7. The molecule has 9 heteroatoms. The van der Waals surface area contributed by atoms with Gasteiger partial charge in [0.2, 0.25) is 11.8 Å².